The van der Waals surface area contributed by atoms with Crippen molar-refractivity contribution in [1.29, 1.82) is 0 Å². The van der Waals surface area contributed by atoms with Crippen LogP contribution in [0.3, 0.4) is 0 Å². The highest BCUT2D eigenvalue weighted by molar-refractivity contribution is 5.77. The van der Waals surface area contributed by atoms with Gasteiger partial charge in [0, 0.05) is 70.9 Å². The molecule has 0 saturated carbocycles. The molecule has 1 saturated heterocycles. The molecular weight excluding hydrogens is 412 g/mol. The third kappa shape index (κ3) is 5.40. The number of hydrogen-bond donors (Lipinski definition) is 0. The van der Waals surface area contributed by atoms with Gasteiger partial charge in [-0.05, 0) is 24.5 Å². The summed E-state index contributed by atoms with van der Waals surface area (Å²) in [7, 11) is 4.05. The van der Waals surface area contributed by atoms with E-state index in [1.807, 2.05) is 19.0 Å². The van der Waals surface area contributed by atoms with Gasteiger partial charge in [-0.25, -0.2) is 4.98 Å². The van der Waals surface area contributed by atoms with Crippen LogP contribution in [0.5, 0.6) is 0 Å². The Hall–Kier alpha value is -2.83. The first-order valence-electron chi connectivity index (χ1n) is 12.0. The number of nitrogens with zero attached hydrogens (tertiary/aromatic N) is 6. The number of hydrogen-bond acceptors (Lipinski definition) is 6. The number of carbonyl (C=O) groups is 1. The third-order valence-electron chi connectivity index (χ3n) is 6.45. The zero-order chi connectivity index (χ0) is 23.8. The van der Waals surface area contributed by atoms with E-state index in [0.29, 0.717) is 13.0 Å². The van der Waals surface area contributed by atoms with E-state index in [-0.39, 0.29) is 11.3 Å². The Kier molecular flexibility index (Phi) is 6.50. The Morgan fingerprint density at radius 2 is 1.61 bits per heavy atom. The molecule has 7 nitrogen and oxygen atoms in total. The van der Waals surface area contributed by atoms with Crippen LogP contribution in [-0.2, 0) is 17.8 Å². The molecule has 1 fully saturated rings. The smallest absolute Gasteiger partial charge is 0.227 e. The summed E-state index contributed by atoms with van der Waals surface area (Å²) in [6.07, 6.45) is 1.34. The summed E-state index contributed by atoms with van der Waals surface area (Å²) in [6, 6.07) is 8.76. The van der Waals surface area contributed by atoms with E-state index in [9.17, 15) is 4.79 Å². The lowest BCUT2D eigenvalue weighted by molar-refractivity contribution is -0.134. The van der Waals surface area contributed by atoms with Crippen LogP contribution in [0.2, 0.25) is 0 Å². The van der Waals surface area contributed by atoms with Gasteiger partial charge < -0.3 is 19.6 Å². The summed E-state index contributed by atoms with van der Waals surface area (Å²) in [5.74, 6) is 1.97. The van der Waals surface area contributed by atoms with Gasteiger partial charge in [-0.2, -0.15) is 4.98 Å². The summed E-state index contributed by atoms with van der Waals surface area (Å²) < 4.78 is 0. The second-order valence-electron chi connectivity index (χ2n) is 10.8. The molecule has 3 heterocycles. The van der Waals surface area contributed by atoms with E-state index in [1.165, 1.54) is 11.3 Å². The van der Waals surface area contributed by atoms with Crippen molar-refractivity contribution in [2.24, 2.45) is 5.41 Å². The fourth-order valence-electron chi connectivity index (χ4n) is 4.59. The summed E-state index contributed by atoms with van der Waals surface area (Å²) in [4.78, 5) is 31.6. The number of aromatic nitrogens is 2. The molecule has 0 N–H and O–H groups in total. The molecule has 1 aromatic heterocycles. The number of rotatable bonds is 4. The predicted octanol–water partition coefficient (Wildman–Crippen LogP) is 3.50. The van der Waals surface area contributed by atoms with Gasteiger partial charge in [0.05, 0.1) is 12.2 Å². The van der Waals surface area contributed by atoms with Gasteiger partial charge in [0.1, 0.15) is 5.82 Å². The molecule has 0 atom stereocenters. The van der Waals surface area contributed by atoms with Crippen LogP contribution >= 0.6 is 0 Å². The number of aryl methyl sites for hydroxylation is 1. The third-order valence-corrected chi connectivity index (χ3v) is 6.45. The molecule has 0 unspecified atom stereocenters. The fraction of sp³-hybridized carbons (Fsp3) is 0.577. The van der Waals surface area contributed by atoms with E-state index in [0.717, 1.165) is 62.2 Å². The fourth-order valence-corrected chi connectivity index (χ4v) is 4.59. The Bertz CT molecular complexity index is 987. The quantitative estimate of drug-likeness (QED) is 0.711. The molecule has 178 valence electrons. The van der Waals surface area contributed by atoms with Crippen molar-refractivity contribution >= 4 is 23.4 Å². The second-order valence-corrected chi connectivity index (χ2v) is 10.8. The lowest BCUT2D eigenvalue weighted by Crippen LogP contribution is -2.47. The standard InChI is InChI=1S/C26H38N6O/c1-19-7-9-20(10-8-19)30-13-15-31(16-14-30)25-27-22-11-12-32(23(33)17-26(2,3)4)18-21(22)24(28-25)29(5)6/h7-10H,11-18H2,1-6H3. The molecule has 0 bridgehead atoms. The number of piperazine rings is 1. The molecule has 0 aliphatic carbocycles. The van der Waals surface area contributed by atoms with Crippen LogP contribution in [0.1, 0.15) is 44.0 Å². The van der Waals surface area contributed by atoms with E-state index in [1.54, 1.807) is 0 Å². The monoisotopic (exact) mass is 450 g/mol. The zero-order valence-electron chi connectivity index (χ0n) is 21.1. The Balaban J connectivity index is 1.50. The van der Waals surface area contributed by atoms with E-state index < -0.39 is 0 Å². The molecular formula is C26H38N6O. The average Bonchev–Trinajstić information content (AvgIpc) is 2.77. The van der Waals surface area contributed by atoms with Crippen molar-refractivity contribution in [3.05, 3.63) is 41.1 Å². The molecule has 1 aromatic carbocycles. The minimum atomic E-state index is -0.0111. The maximum absolute atomic E-state index is 12.8. The van der Waals surface area contributed by atoms with Gasteiger partial charge >= 0.3 is 0 Å². The van der Waals surface area contributed by atoms with E-state index >= 15 is 0 Å². The van der Waals surface area contributed by atoms with Gasteiger partial charge in [-0.3, -0.25) is 4.79 Å². The maximum atomic E-state index is 12.8. The van der Waals surface area contributed by atoms with Crippen molar-refractivity contribution < 1.29 is 4.79 Å². The number of amides is 1. The van der Waals surface area contributed by atoms with Crippen molar-refractivity contribution in [2.45, 2.75) is 47.1 Å². The Morgan fingerprint density at radius 3 is 2.21 bits per heavy atom. The number of carbonyl (C=O) groups excluding carboxylic acids is 1. The van der Waals surface area contributed by atoms with Crippen LogP contribution < -0.4 is 14.7 Å². The van der Waals surface area contributed by atoms with Crippen LogP contribution in [0.25, 0.3) is 0 Å². The summed E-state index contributed by atoms with van der Waals surface area (Å²) in [5, 5.41) is 0. The first kappa shape index (κ1) is 23.3. The first-order valence-corrected chi connectivity index (χ1v) is 12.0. The summed E-state index contributed by atoms with van der Waals surface area (Å²) in [6.45, 7) is 13.5. The van der Waals surface area contributed by atoms with Crippen molar-refractivity contribution in [1.82, 2.24) is 14.9 Å². The molecule has 0 radical (unpaired) electrons. The number of anilines is 3. The maximum Gasteiger partial charge on any atom is 0.227 e. The highest BCUT2D eigenvalue weighted by Gasteiger charge is 2.29. The predicted molar refractivity (Wildman–Crippen MR) is 135 cm³/mol. The molecule has 2 aliphatic rings. The highest BCUT2D eigenvalue weighted by Crippen LogP contribution is 2.30. The lowest BCUT2D eigenvalue weighted by atomic mass is 9.91. The SMILES string of the molecule is Cc1ccc(N2CCN(c3nc4c(c(N(C)C)n3)CN(C(=O)CC(C)(C)C)CC4)CC2)cc1. The topological polar surface area (TPSA) is 55.8 Å². The molecule has 2 aromatic rings. The number of benzene rings is 1. The van der Waals surface area contributed by atoms with Gasteiger partial charge in [0.2, 0.25) is 11.9 Å². The van der Waals surface area contributed by atoms with Crippen LogP contribution in [0, 0.1) is 12.3 Å². The van der Waals surface area contributed by atoms with Crippen molar-refractivity contribution in [2.75, 3.05) is 61.5 Å². The van der Waals surface area contributed by atoms with Gasteiger partial charge in [0.15, 0.2) is 0 Å². The lowest BCUT2D eigenvalue weighted by Gasteiger charge is -2.37. The minimum Gasteiger partial charge on any atom is -0.368 e. The minimum absolute atomic E-state index is 0.0111. The number of fused-ring (bicyclic) bond motifs is 1. The van der Waals surface area contributed by atoms with E-state index in [4.69, 9.17) is 9.97 Å². The normalized spacial score (nSPS) is 16.6. The average molecular weight is 451 g/mol. The van der Waals surface area contributed by atoms with Crippen LogP contribution in [-0.4, -0.2) is 67.6 Å². The Morgan fingerprint density at radius 1 is 0.970 bits per heavy atom. The second kappa shape index (κ2) is 9.20. The van der Waals surface area contributed by atoms with Gasteiger partial charge in [-0.1, -0.05) is 38.5 Å². The van der Waals surface area contributed by atoms with Crippen molar-refractivity contribution in [3.63, 3.8) is 0 Å². The zero-order valence-corrected chi connectivity index (χ0v) is 21.1. The molecule has 0 spiro atoms. The summed E-state index contributed by atoms with van der Waals surface area (Å²) >= 11 is 0. The molecule has 2 aliphatic heterocycles. The largest absolute Gasteiger partial charge is 0.368 e. The molecule has 33 heavy (non-hydrogen) atoms. The van der Waals surface area contributed by atoms with Crippen molar-refractivity contribution in [3.8, 4) is 0 Å². The van der Waals surface area contributed by atoms with Gasteiger partial charge in [0.25, 0.3) is 0 Å². The van der Waals surface area contributed by atoms with E-state index in [2.05, 4.69) is 66.7 Å². The molecule has 1 amide bonds. The van der Waals surface area contributed by atoms with Gasteiger partial charge in [-0.15, -0.1) is 0 Å². The summed E-state index contributed by atoms with van der Waals surface area (Å²) in [5.41, 5.74) is 4.73. The Labute approximate surface area is 198 Å². The first-order chi connectivity index (χ1) is 15.6. The van der Waals surface area contributed by atoms with Crippen LogP contribution in [0.15, 0.2) is 24.3 Å². The van der Waals surface area contributed by atoms with Crippen LogP contribution in [0.4, 0.5) is 17.5 Å². The molecule has 7 heteroatoms. The highest BCUT2D eigenvalue weighted by atomic mass is 16.2. The molecule has 4 rings (SSSR count).